The molecule has 0 bridgehead atoms. The first-order chi connectivity index (χ1) is 15.1. The number of amides is 2. The van der Waals surface area contributed by atoms with Crippen molar-refractivity contribution in [1.29, 1.82) is 5.26 Å². The third-order valence-corrected chi connectivity index (χ3v) is 5.53. The van der Waals surface area contributed by atoms with Crippen molar-refractivity contribution in [2.24, 2.45) is 0 Å². The summed E-state index contributed by atoms with van der Waals surface area (Å²) in [5, 5.41) is 12.8. The van der Waals surface area contributed by atoms with Gasteiger partial charge < -0.3 is 14.8 Å². The first kappa shape index (κ1) is 20.4. The Morgan fingerprint density at radius 2 is 2.10 bits per heavy atom. The minimum Gasteiger partial charge on any atom is -0.346 e. The highest BCUT2D eigenvalue weighted by Crippen LogP contribution is 2.27. The molecule has 1 aromatic heterocycles. The highest BCUT2D eigenvalue weighted by Gasteiger charge is 2.22. The van der Waals surface area contributed by atoms with E-state index in [1.807, 2.05) is 65.1 Å². The van der Waals surface area contributed by atoms with Gasteiger partial charge in [-0.25, -0.2) is 0 Å². The molecule has 1 saturated heterocycles. The van der Waals surface area contributed by atoms with E-state index in [4.69, 9.17) is 5.26 Å². The summed E-state index contributed by atoms with van der Waals surface area (Å²) >= 11 is 0. The minimum atomic E-state index is -0.224. The average Bonchev–Trinajstić information content (AvgIpc) is 3.34. The van der Waals surface area contributed by atoms with Crippen LogP contribution in [0.4, 0.5) is 11.4 Å². The smallest absolute Gasteiger partial charge is 0.248 e. The molecule has 0 radical (unpaired) electrons. The summed E-state index contributed by atoms with van der Waals surface area (Å²) < 4.78 is 2.04. The number of anilines is 2. The number of carbonyl (C=O) groups is 2. The van der Waals surface area contributed by atoms with Gasteiger partial charge in [-0.3, -0.25) is 9.59 Å². The van der Waals surface area contributed by atoms with Crippen molar-refractivity contribution in [3.05, 3.63) is 65.9 Å². The second-order valence-corrected chi connectivity index (χ2v) is 7.68. The highest BCUT2D eigenvalue weighted by atomic mass is 16.2. The van der Waals surface area contributed by atoms with Crippen LogP contribution in [0.3, 0.4) is 0 Å². The number of rotatable bonds is 6. The SMILES string of the molecule is Cc1cc(NC(=O)/C=C/c2cn(CCC#N)c3ccccc23)ccc1N1CCCC1=O. The molecule has 0 atom stereocenters. The Kier molecular flexibility index (Phi) is 5.85. The van der Waals surface area contributed by atoms with Gasteiger partial charge in [0.1, 0.15) is 0 Å². The summed E-state index contributed by atoms with van der Waals surface area (Å²) in [6.45, 7) is 3.31. The topological polar surface area (TPSA) is 78.1 Å². The maximum Gasteiger partial charge on any atom is 0.248 e. The Morgan fingerprint density at radius 3 is 2.84 bits per heavy atom. The molecule has 3 aromatic rings. The Morgan fingerprint density at radius 1 is 1.26 bits per heavy atom. The molecule has 1 fully saturated rings. The van der Waals surface area contributed by atoms with Gasteiger partial charge in [-0.2, -0.15) is 5.26 Å². The zero-order valence-electron chi connectivity index (χ0n) is 17.5. The Hall–Kier alpha value is -3.85. The molecule has 0 saturated carbocycles. The average molecular weight is 412 g/mol. The van der Waals surface area contributed by atoms with Crippen molar-refractivity contribution in [1.82, 2.24) is 4.57 Å². The van der Waals surface area contributed by atoms with E-state index < -0.39 is 0 Å². The third kappa shape index (κ3) is 4.36. The van der Waals surface area contributed by atoms with Crippen molar-refractivity contribution in [2.75, 3.05) is 16.8 Å². The van der Waals surface area contributed by atoms with Crippen LogP contribution in [0, 0.1) is 18.3 Å². The number of hydrogen-bond acceptors (Lipinski definition) is 3. The van der Waals surface area contributed by atoms with Gasteiger partial charge in [0.25, 0.3) is 0 Å². The molecule has 1 N–H and O–H groups in total. The third-order valence-electron chi connectivity index (χ3n) is 5.53. The molecular formula is C25H24N4O2. The number of nitrogens with zero attached hydrogens (tertiary/aromatic N) is 3. The van der Waals surface area contributed by atoms with Crippen LogP contribution in [0.1, 0.15) is 30.4 Å². The van der Waals surface area contributed by atoms with Crippen LogP contribution in [0.15, 0.2) is 54.7 Å². The fraction of sp³-hybridized carbons (Fsp3) is 0.240. The van der Waals surface area contributed by atoms with Crippen LogP contribution in [0.25, 0.3) is 17.0 Å². The van der Waals surface area contributed by atoms with Gasteiger partial charge in [0.05, 0.1) is 12.5 Å². The molecule has 156 valence electrons. The van der Waals surface area contributed by atoms with Gasteiger partial charge in [0.15, 0.2) is 0 Å². The molecule has 0 spiro atoms. The molecule has 2 amide bonds. The minimum absolute atomic E-state index is 0.150. The second-order valence-electron chi connectivity index (χ2n) is 7.68. The van der Waals surface area contributed by atoms with Crippen LogP contribution in [0.5, 0.6) is 0 Å². The molecular weight excluding hydrogens is 388 g/mol. The molecule has 0 unspecified atom stereocenters. The molecule has 1 aliphatic rings. The van der Waals surface area contributed by atoms with Crippen molar-refractivity contribution in [2.45, 2.75) is 32.7 Å². The number of benzene rings is 2. The summed E-state index contributed by atoms with van der Waals surface area (Å²) in [6, 6.07) is 15.7. The van der Waals surface area contributed by atoms with E-state index >= 15 is 0 Å². The summed E-state index contributed by atoms with van der Waals surface area (Å²) in [4.78, 5) is 26.3. The number of nitrogens with one attached hydrogen (secondary N) is 1. The Balaban J connectivity index is 1.48. The summed E-state index contributed by atoms with van der Waals surface area (Å²) in [6.07, 6.45) is 7.19. The highest BCUT2D eigenvalue weighted by molar-refractivity contribution is 6.04. The zero-order chi connectivity index (χ0) is 21.8. The lowest BCUT2D eigenvalue weighted by Gasteiger charge is -2.19. The van der Waals surface area contributed by atoms with Crippen LogP contribution >= 0.6 is 0 Å². The number of nitriles is 1. The van der Waals surface area contributed by atoms with E-state index in [1.165, 1.54) is 6.08 Å². The second kappa shape index (κ2) is 8.88. The number of aryl methyl sites for hydroxylation is 2. The quantitative estimate of drug-likeness (QED) is 0.599. The lowest BCUT2D eigenvalue weighted by Crippen LogP contribution is -2.24. The lowest BCUT2D eigenvalue weighted by molar-refractivity contribution is -0.117. The summed E-state index contributed by atoms with van der Waals surface area (Å²) in [5.74, 6) is -0.0741. The number of aromatic nitrogens is 1. The Bertz CT molecular complexity index is 1220. The van der Waals surface area contributed by atoms with Crippen molar-refractivity contribution in [3.63, 3.8) is 0 Å². The summed E-state index contributed by atoms with van der Waals surface area (Å²) in [7, 11) is 0. The summed E-state index contributed by atoms with van der Waals surface area (Å²) in [5.41, 5.74) is 4.53. The molecule has 4 rings (SSSR count). The van der Waals surface area contributed by atoms with Crippen molar-refractivity contribution >= 4 is 40.2 Å². The molecule has 6 heteroatoms. The first-order valence-corrected chi connectivity index (χ1v) is 10.4. The van der Waals surface area contributed by atoms with Crippen molar-refractivity contribution < 1.29 is 9.59 Å². The molecule has 0 aliphatic carbocycles. The van der Waals surface area contributed by atoms with E-state index in [-0.39, 0.29) is 11.8 Å². The van der Waals surface area contributed by atoms with Gasteiger partial charge in [-0.15, -0.1) is 0 Å². The largest absolute Gasteiger partial charge is 0.346 e. The molecule has 31 heavy (non-hydrogen) atoms. The molecule has 2 aromatic carbocycles. The van der Waals surface area contributed by atoms with Gasteiger partial charge in [0.2, 0.25) is 11.8 Å². The maximum atomic E-state index is 12.5. The number of hydrogen-bond donors (Lipinski definition) is 1. The van der Waals surface area contributed by atoms with Crippen LogP contribution < -0.4 is 10.2 Å². The van der Waals surface area contributed by atoms with E-state index in [1.54, 1.807) is 6.08 Å². The van der Waals surface area contributed by atoms with E-state index in [0.717, 1.165) is 40.7 Å². The monoisotopic (exact) mass is 412 g/mol. The normalized spacial score (nSPS) is 13.8. The predicted molar refractivity (Wildman–Crippen MR) is 123 cm³/mol. The van der Waals surface area contributed by atoms with E-state index in [0.29, 0.717) is 25.1 Å². The van der Waals surface area contributed by atoms with E-state index in [9.17, 15) is 9.59 Å². The number of para-hydroxylation sites is 1. The van der Waals surface area contributed by atoms with Crippen LogP contribution in [0.2, 0.25) is 0 Å². The predicted octanol–water partition coefficient (Wildman–Crippen LogP) is 4.64. The molecule has 2 heterocycles. The fourth-order valence-electron chi connectivity index (χ4n) is 4.05. The van der Waals surface area contributed by atoms with Crippen LogP contribution in [-0.2, 0) is 16.1 Å². The fourth-order valence-corrected chi connectivity index (χ4v) is 4.05. The molecule has 1 aliphatic heterocycles. The van der Waals surface area contributed by atoms with Gasteiger partial charge in [0, 0.05) is 59.6 Å². The number of fused-ring (bicyclic) bond motifs is 1. The van der Waals surface area contributed by atoms with E-state index in [2.05, 4.69) is 11.4 Å². The maximum absolute atomic E-state index is 12.5. The van der Waals surface area contributed by atoms with Gasteiger partial charge in [-0.05, 0) is 49.2 Å². The van der Waals surface area contributed by atoms with Gasteiger partial charge >= 0.3 is 0 Å². The zero-order valence-corrected chi connectivity index (χ0v) is 17.5. The standard InChI is InChI=1S/C25H24N4O2/c1-18-16-20(10-11-22(18)29-15-4-8-25(29)31)27-24(30)12-9-19-17-28(14-5-13-26)23-7-3-2-6-21(19)23/h2-3,6-7,9-12,16-17H,4-5,8,14-15H2,1H3,(H,27,30)/b12-9+. The van der Waals surface area contributed by atoms with Crippen molar-refractivity contribution in [3.8, 4) is 6.07 Å². The molecule has 6 nitrogen and oxygen atoms in total. The van der Waals surface area contributed by atoms with Gasteiger partial charge in [-0.1, -0.05) is 18.2 Å². The lowest BCUT2D eigenvalue weighted by atomic mass is 10.1. The number of carbonyl (C=O) groups excluding carboxylic acids is 2. The van der Waals surface area contributed by atoms with Crippen LogP contribution in [-0.4, -0.2) is 22.9 Å². The Labute approximate surface area is 181 Å². The first-order valence-electron chi connectivity index (χ1n) is 10.4.